The van der Waals surface area contributed by atoms with E-state index in [-0.39, 0.29) is 10.6 Å². The van der Waals surface area contributed by atoms with Crippen LogP contribution in [0, 0.1) is 10.1 Å². The molecule has 1 heterocycles. The Hall–Kier alpha value is -1.46. The summed E-state index contributed by atoms with van der Waals surface area (Å²) in [6.45, 7) is 2.59. The van der Waals surface area contributed by atoms with Crippen LogP contribution < -0.4 is 5.32 Å². The van der Waals surface area contributed by atoms with Crippen molar-refractivity contribution in [2.45, 2.75) is 25.3 Å². The van der Waals surface area contributed by atoms with E-state index in [0.717, 1.165) is 44.6 Å². The van der Waals surface area contributed by atoms with Crippen molar-refractivity contribution in [1.29, 1.82) is 0 Å². The first-order valence-electron chi connectivity index (χ1n) is 6.30. The Bertz CT molecular complexity index is 386. The Morgan fingerprint density at radius 3 is 2.56 bits per heavy atom. The first-order chi connectivity index (χ1) is 8.75. The molecule has 0 spiro atoms. The van der Waals surface area contributed by atoms with Gasteiger partial charge in [-0.2, -0.15) is 0 Å². The molecule has 98 valence electrons. The zero-order valence-electron chi connectivity index (χ0n) is 10.3. The second kappa shape index (κ2) is 6.47. The first kappa shape index (κ1) is 13.0. The summed E-state index contributed by atoms with van der Waals surface area (Å²) in [7, 11) is 0. The van der Waals surface area contributed by atoms with Crippen molar-refractivity contribution >= 4 is 5.69 Å². The van der Waals surface area contributed by atoms with Gasteiger partial charge in [0.15, 0.2) is 0 Å². The van der Waals surface area contributed by atoms with Gasteiger partial charge in [-0.1, -0.05) is 12.1 Å². The normalized spacial score (nSPS) is 16.7. The van der Waals surface area contributed by atoms with Gasteiger partial charge in [0.05, 0.1) is 4.92 Å². The lowest BCUT2D eigenvalue weighted by atomic mass is 10.1. The Labute approximate surface area is 106 Å². The van der Waals surface area contributed by atoms with E-state index in [0.29, 0.717) is 6.04 Å². The zero-order valence-corrected chi connectivity index (χ0v) is 10.3. The lowest BCUT2D eigenvalue weighted by molar-refractivity contribution is -0.384. The summed E-state index contributed by atoms with van der Waals surface area (Å²) in [5, 5.41) is 14.0. The summed E-state index contributed by atoms with van der Waals surface area (Å²) in [4.78, 5) is 10.1. The number of hydrogen-bond acceptors (Lipinski definition) is 4. The molecule has 0 aliphatic carbocycles. The van der Waals surface area contributed by atoms with E-state index < -0.39 is 0 Å². The minimum atomic E-state index is -0.371. The van der Waals surface area contributed by atoms with Gasteiger partial charge < -0.3 is 10.1 Å². The van der Waals surface area contributed by atoms with Crippen LogP contribution in [0.2, 0.25) is 0 Å². The lowest BCUT2D eigenvalue weighted by Gasteiger charge is -2.23. The average molecular weight is 250 g/mol. The van der Waals surface area contributed by atoms with E-state index in [9.17, 15) is 10.1 Å². The van der Waals surface area contributed by atoms with E-state index in [4.69, 9.17) is 4.74 Å². The minimum absolute atomic E-state index is 0.149. The molecule has 2 rings (SSSR count). The molecular weight excluding hydrogens is 232 g/mol. The summed E-state index contributed by atoms with van der Waals surface area (Å²) in [6, 6.07) is 7.32. The van der Waals surface area contributed by atoms with Gasteiger partial charge in [0.25, 0.3) is 5.69 Å². The molecule has 0 unspecified atom stereocenters. The Balaban J connectivity index is 1.74. The summed E-state index contributed by atoms with van der Waals surface area (Å²) in [6.07, 6.45) is 3.04. The Kier molecular flexibility index (Phi) is 4.66. The highest BCUT2D eigenvalue weighted by atomic mass is 16.6. The third kappa shape index (κ3) is 3.78. The zero-order chi connectivity index (χ0) is 12.8. The van der Waals surface area contributed by atoms with Gasteiger partial charge in [0.2, 0.25) is 0 Å². The topological polar surface area (TPSA) is 64.4 Å². The van der Waals surface area contributed by atoms with Crippen LogP contribution in [0.25, 0.3) is 0 Å². The number of non-ortho nitro benzene ring substituents is 1. The molecule has 1 aliphatic rings. The van der Waals surface area contributed by atoms with Crippen LogP contribution in [0.1, 0.15) is 18.4 Å². The van der Waals surface area contributed by atoms with Crippen molar-refractivity contribution in [2.75, 3.05) is 19.8 Å². The minimum Gasteiger partial charge on any atom is -0.381 e. The second-order valence-corrected chi connectivity index (χ2v) is 4.51. The van der Waals surface area contributed by atoms with Crippen LogP contribution in [0.5, 0.6) is 0 Å². The van der Waals surface area contributed by atoms with Crippen molar-refractivity contribution in [1.82, 2.24) is 5.32 Å². The van der Waals surface area contributed by atoms with Crippen LogP contribution in [0.3, 0.4) is 0 Å². The lowest BCUT2D eigenvalue weighted by Crippen LogP contribution is -2.35. The SMILES string of the molecule is O=[N+]([O-])c1ccc(CCNC2CCOCC2)cc1. The van der Waals surface area contributed by atoms with Crippen LogP contribution in [-0.2, 0) is 11.2 Å². The Morgan fingerprint density at radius 1 is 1.28 bits per heavy atom. The molecule has 5 nitrogen and oxygen atoms in total. The number of nitro benzene ring substituents is 1. The number of nitrogens with zero attached hydrogens (tertiary/aromatic N) is 1. The van der Waals surface area contributed by atoms with E-state index in [1.54, 1.807) is 12.1 Å². The fraction of sp³-hybridized carbons (Fsp3) is 0.538. The summed E-state index contributed by atoms with van der Waals surface area (Å²) >= 11 is 0. The molecule has 5 heteroatoms. The summed E-state index contributed by atoms with van der Waals surface area (Å²) in [5.74, 6) is 0. The number of benzene rings is 1. The van der Waals surface area contributed by atoms with Gasteiger partial charge in [0, 0.05) is 31.4 Å². The molecule has 18 heavy (non-hydrogen) atoms. The van der Waals surface area contributed by atoms with Gasteiger partial charge in [-0.3, -0.25) is 10.1 Å². The van der Waals surface area contributed by atoms with Crippen LogP contribution >= 0.6 is 0 Å². The molecule has 1 N–H and O–H groups in total. The van der Waals surface area contributed by atoms with Crippen LogP contribution in [0.15, 0.2) is 24.3 Å². The quantitative estimate of drug-likeness (QED) is 0.640. The fourth-order valence-electron chi connectivity index (χ4n) is 2.11. The molecule has 1 aliphatic heterocycles. The van der Waals surface area contributed by atoms with Gasteiger partial charge in [-0.15, -0.1) is 0 Å². The Morgan fingerprint density at radius 2 is 1.94 bits per heavy atom. The highest BCUT2D eigenvalue weighted by Crippen LogP contribution is 2.12. The van der Waals surface area contributed by atoms with Gasteiger partial charge in [0.1, 0.15) is 0 Å². The van der Waals surface area contributed by atoms with Crippen molar-refractivity contribution in [3.05, 3.63) is 39.9 Å². The summed E-state index contributed by atoms with van der Waals surface area (Å²) in [5.41, 5.74) is 1.27. The van der Waals surface area contributed by atoms with Crippen molar-refractivity contribution in [3.63, 3.8) is 0 Å². The predicted molar refractivity (Wildman–Crippen MR) is 68.6 cm³/mol. The maximum atomic E-state index is 10.5. The molecule has 0 radical (unpaired) electrons. The third-order valence-corrected chi connectivity index (χ3v) is 3.22. The van der Waals surface area contributed by atoms with Crippen molar-refractivity contribution < 1.29 is 9.66 Å². The van der Waals surface area contributed by atoms with E-state index in [1.165, 1.54) is 0 Å². The van der Waals surface area contributed by atoms with Crippen LogP contribution in [0.4, 0.5) is 5.69 Å². The van der Waals surface area contributed by atoms with Gasteiger partial charge in [-0.05, 0) is 31.4 Å². The highest BCUT2D eigenvalue weighted by Gasteiger charge is 2.12. The van der Waals surface area contributed by atoms with Crippen molar-refractivity contribution in [2.24, 2.45) is 0 Å². The van der Waals surface area contributed by atoms with Gasteiger partial charge in [-0.25, -0.2) is 0 Å². The largest absolute Gasteiger partial charge is 0.381 e. The molecule has 0 atom stereocenters. The molecule has 0 aromatic heterocycles. The third-order valence-electron chi connectivity index (χ3n) is 3.22. The maximum absolute atomic E-state index is 10.5. The second-order valence-electron chi connectivity index (χ2n) is 4.51. The fourth-order valence-corrected chi connectivity index (χ4v) is 2.11. The number of hydrogen-bond donors (Lipinski definition) is 1. The number of nitro groups is 1. The molecule has 0 saturated carbocycles. The average Bonchev–Trinajstić information content (AvgIpc) is 2.40. The van der Waals surface area contributed by atoms with E-state index in [2.05, 4.69) is 5.32 Å². The first-order valence-corrected chi connectivity index (χ1v) is 6.30. The highest BCUT2D eigenvalue weighted by molar-refractivity contribution is 5.32. The number of rotatable bonds is 5. The molecule has 1 saturated heterocycles. The molecular formula is C13H18N2O3. The molecule has 0 amide bonds. The smallest absolute Gasteiger partial charge is 0.269 e. The molecule has 1 fully saturated rings. The maximum Gasteiger partial charge on any atom is 0.269 e. The monoisotopic (exact) mass is 250 g/mol. The molecule has 1 aromatic rings. The van der Waals surface area contributed by atoms with E-state index in [1.807, 2.05) is 12.1 Å². The van der Waals surface area contributed by atoms with Crippen molar-refractivity contribution in [3.8, 4) is 0 Å². The number of nitrogens with one attached hydrogen (secondary N) is 1. The van der Waals surface area contributed by atoms with E-state index >= 15 is 0 Å². The molecule has 1 aromatic carbocycles. The predicted octanol–water partition coefficient (Wildman–Crippen LogP) is 1.91. The molecule has 0 bridgehead atoms. The number of ether oxygens (including phenoxy) is 1. The summed E-state index contributed by atoms with van der Waals surface area (Å²) < 4.78 is 5.30. The van der Waals surface area contributed by atoms with Crippen LogP contribution in [-0.4, -0.2) is 30.7 Å². The standard InChI is InChI=1S/C13H18N2O3/c16-15(17)13-3-1-11(2-4-13)5-8-14-12-6-9-18-10-7-12/h1-4,12,14H,5-10H2. The van der Waals surface area contributed by atoms with Gasteiger partial charge >= 0.3 is 0 Å².